The molecule has 122 valence electrons. The molecular formula is C16H25N3O3. The number of hydrogen-bond acceptors (Lipinski definition) is 5. The van der Waals surface area contributed by atoms with Gasteiger partial charge in [-0.15, -0.1) is 0 Å². The lowest BCUT2D eigenvalue weighted by atomic mass is 9.96. The fourth-order valence-electron chi connectivity index (χ4n) is 3.19. The molecule has 0 N–H and O–H groups in total. The molecule has 1 aromatic heterocycles. The summed E-state index contributed by atoms with van der Waals surface area (Å²) in [4.78, 5) is 18.8. The minimum atomic E-state index is -0.208. The number of carbonyl (C=O) groups excluding carboxylic acids is 1. The van der Waals surface area contributed by atoms with Gasteiger partial charge in [-0.2, -0.15) is 4.98 Å². The fourth-order valence-corrected chi connectivity index (χ4v) is 3.19. The molecule has 2 fully saturated rings. The zero-order valence-corrected chi connectivity index (χ0v) is 13.3. The fraction of sp³-hybridized carbons (Fsp3) is 0.812. The number of likely N-dealkylation sites (tertiary alicyclic amines) is 1. The second-order valence-electron chi connectivity index (χ2n) is 6.25. The van der Waals surface area contributed by atoms with Crippen molar-refractivity contribution in [3.05, 3.63) is 11.7 Å². The van der Waals surface area contributed by atoms with Crippen LogP contribution in [0.5, 0.6) is 0 Å². The first kappa shape index (κ1) is 15.5. The Balaban J connectivity index is 1.50. The van der Waals surface area contributed by atoms with Crippen molar-refractivity contribution in [1.82, 2.24) is 15.0 Å². The second kappa shape index (κ2) is 7.22. The number of piperidine rings is 1. The number of nitrogens with zero attached hydrogens (tertiary/aromatic N) is 3. The average Bonchev–Trinajstić information content (AvgIpc) is 3.24. The van der Waals surface area contributed by atoms with Gasteiger partial charge in [0.25, 0.3) is 5.91 Å². The Hall–Kier alpha value is -1.43. The highest BCUT2D eigenvalue weighted by Gasteiger charge is 2.32. The number of aryl methyl sites for hydroxylation is 1. The molecule has 1 aromatic rings. The number of aromatic nitrogens is 2. The molecule has 2 aliphatic heterocycles. The Labute approximate surface area is 131 Å². The highest BCUT2D eigenvalue weighted by Crippen LogP contribution is 2.28. The van der Waals surface area contributed by atoms with Crippen LogP contribution in [-0.2, 0) is 16.0 Å². The number of carbonyl (C=O) groups is 1. The molecular weight excluding hydrogens is 282 g/mol. The van der Waals surface area contributed by atoms with Crippen LogP contribution in [-0.4, -0.2) is 46.7 Å². The predicted octanol–water partition coefficient (Wildman–Crippen LogP) is 2.30. The summed E-state index contributed by atoms with van der Waals surface area (Å²) < 4.78 is 10.9. The molecule has 1 atom stereocenters. The van der Waals surface area contributed by atoms with Crippen molar-refractivity contribution in [2.45, 2.75) is 63.9 Å². The van der Waals surface area contributed by atoms with E-state index < -0.39 is 0 Å². The van der Waals surface area contributed by atoms with Crippen LogP contribution in [0.2, 0.25) is 0 Å². The van der Waals surface area contributed by atoms with Crippen LogP contribution in [0, 0.1) is 0 Å². The number of hydrogen-bond donors (Lipinski definition) is 0. The lowest BCUT2D eigenvalue weighted by molar-refractivity contribution is -0.142. The summed E-state index contributed by atoms with van der Waals surface area (Å²) in [6.07, 6.45) is 6.55. The lowest BCUT2D eigenvalue weighted by Crippen LogP contribution is -2.43. The van der Waals surface area contributed by atoms with Crippen molar-refractivity contribution in [1.29, 1.82) is 0 Å². The largest absolute Gasteiger partial charge is 0.368 e. The Morgan fingerprint density at radius 1 is 1.32 bits per heavy atom. The van der Waals surface area contributed by atoms with Gasteiger partial charge in [-0.1, -0.05) is 18.5 Å². The molecule has 0 aromatic carbocycles. The van der Waals surface area contributed by atoms with Gasteiger partial charge < -0.3 is 14.2 Å². The summed E-state index contributed by atoms with van der Waals surface area (Å²) in [7, 11) is 0. The van der Waals surface area contributed by atoms with E-state index in [0.717, 1.165) is 76.4 Å². The van der Waals surface area contributed by atoms with Crippen LogP contribution in [0.15, 0.2) is 4.52 Å². The van der Waals surface area contributed by atoms with Gasteiger partial charge in [0.15, 0.2) is 5.82 Å². The summed E-state index contributed by atoms with van der Waals surface area (Å²) in [6.45, 7) is 4.39. The normalized spacial score (nSPS) is 23.1. The van der Waals surface area contributed by atoms with Crippen molar-refractivity contribution >= 4 is 5.91 Å². The highest BCUT2D eigenvalue weighted by molar-refractivity contribution is 5.81. The Morgan fingerprint density at radius 3 is 2.82 bits per heavy atom. The zero-order valence-electron chi connectivity index (χ0n) is 13.3. The maximum Gasteiger partial charge on any atom is 0.251 e. The van der Waals surface area contributed by atoms with Crippen LogP contribution >= 0.6 is 0 Å². The van der Waals surface area contributed by atoms with Crippen molar-refractivity contribution in [2.24, 2.45) is 0 Å². The maximum absolute atomic E-state index is 12.3. The topological polar surface area (TPSA) is 68.5 Å². The quantitative estimate of drug-likeness (QED) is 0.835. The van der Waals surface area contributed by atoms with E-state index in [-0.39, 0.29) is 17.9 Å². The number of unbranched alkanes of at least 4 members (excludes halogenated alkanes) is 1. The van der Waals surface area contributed by atoms with Gasteiger partial charge in [0.1, 0.15) is 6.10 Å². The Kier molecular flexibility index (Phi) is 5.08. The van der Waals surface area contributed by atoms with E-state index in [9.17, 15) is 4.79 Å². The summed E-state index contributed by atoms with van der Waals surface area (Å²) >= 11 is 0. The van der Waals surface area contributed by atoms with Gasteiger partial charge >= 0.3 is 0 Å². The van der Waals surface area contributed by atoms with Gasteiger partial charge in [0.2, 0.25) is 5.89 Å². The molecule has 2 aliphatic rings. The summed E-state index contributed by atoms with van der Waals surface area (Å²) in [5.41, 5.74) is 0. The number of ether oxygens (including phenoxy) is 1. The van der Waals surface area contributed by atoms with E-state index in [2.05, 4.69) is 17.1 Å². The van der Waals surface area contributed by atoms with Crippen LogP contribution in [0.4, 0.5) is 0 Å². The van der Waals surface area contributed by atoms with Gasteiger partial charge in [-0.25, -0.2) is 0 Å². The van der Waals surface area contributed by atoms with E-state index in [0.29, 0.717) is 0 Å². The third kappa shape index (κ3) is 3.48. The minimum absolute atomic E-state index is 0.158. The second-order valence-corrected chi connectivity index (χ2v) is 6.25. The smallest absolute Gasteiger partial charge is 0.251 e. The molecule has 0 unspecified atom stereocenters. The van der Waals surface area contributed by atoms with Crippen molar-refractivity contribution in [3.63, 3.8) is 0 Å². The molecule has 0 aliphatic carbocycles. The maximum atomic E-state index is 12.3. The molecule has 3 heterocycles. The van der Waals surface area contributed by atoms with E-state index in [4.69, 9.17) is 9.26 Å². The predicted molar refractivity (Wildman–Crippen MR) is 80.4 cm³/mol. The number of amides is 1. The van der Waals surface area contributed by atoms with Crippen LogP contribution in [0.1, 0.15) is 63.1 Å². The lowest BCUT2D eigenvalue weighted by Gasteiger charge is -2.31. The molecule has 3 rings (SSSR count). The first-order valence-corrected chi connectivity index (χ1v) is 8.50. The standard InChI is InChI=1S/C16H25N3O3/c1-2-3-6-14-17-15(22-18-14)12-7-9-19(10-8-12)16(20)13-5-4-11-21-13/h12-13H,2-11H2,1H3/t13-/m1/s1. The average molecular weight is 307 g/mol. The van der Waals surface area contributed by atoms with Crippen molar-refractivity contribution in [3.8, 4) is 0 Å². The van der Waals surface area contributed by atoms with Crippen LogP contribution in [0.25, 0.3) is 0 Å². The Morgan fingerprint density at radius 2 is 2.14 bits per heavy atom. The van der Waals surface area contributed by atoms with Crippen LogP contribution in [0.3, 0.4) is 0 Å². The van der Waals surface area contributed by atoms with E-state index in [1.54, 1.807) is 0 Å². The molecule has 2 saturated heterocycles. The monoisotopic (exact) mass is 307 g/mol. The Bertz CT molecular complexity index is 489. The SMILES string of the molecule is CCCCc1noc(C2CCN(C(=O)[C@H]3CCCO3)CC2)n1. The molecule has 6 heteroatoms. The summed E-state index contributed by atoms with van der Waals surface area (Å²) in [6, 6.07) is 0. The van der Waals surface area contributed by atoms with Crippen molar-refractivity contribution < 1.29 is 14.1 Å². The highest BCUT2D eigenvalue weighted by atomic mass is 16.5. The van der Waals surface area contributed by atoms with E-state index >= 15 is 0 Å². The van der Waals surface area contributed by atoms with Gasteiger partial charge in [0, 0.05) is 32.0 Å². The van der Waals surface area contributed by atoms with Crippen LogP contribution < -0.4 is 0 Å². The molecule has 22 heavy (non-hydrogen) atoms. The molecule has 6 nitrogen and oxygen atoms in total. The minimum Gasteiger partial charge on any atom is -0.368 e. The third-order valence-corrected chi connectivity index (χ3v) is 4.60. The summed E-state index contributed by atoms with van der Waals surface area (Å²) in [5, 5.41) is 4.06. The molecule has 0 radical (unpaired) electrons. The van der Waals surface area contributed by atoms with Gasteiger partial charge in [-0.3, -0.25) is 4.79 Å². The van der Waals surface area contributed by atoms with Gasteiger partial charge in [-0.05, 0) is 32.1 Å². The third-order valence-electron chi connectivity index (χ3n) is 4.60. The first-order chi connectivity index (χ1) is 10.8. The van der Waals surface area contributed by atoms with E-state index in [1.807, 2.05) is 4.90 Å². The van der Waals surface area contributed by atoms with E-state index in [1.165, 1.54) is 0 Å². The van der Waals surface area contributed by atoms with Crippen molar-refractivity contribution in [2.75, 3.05) is 19.7 Å². The van der Waals surface area contributed by atoms with Gasteiger partial charge in [0.05, 0.1) is 0 Å². The number of rotatable bonds is 5. The molecule has 0 saturated carbocycles. The first-order valence-electron chi connectivity index (χ1n) is 8.50. The summed E-state index contributed by atoms with van der Waals surface area (Å²) in [5.74, 6) is 2.01. The molecule has 0 bridgehead atoms. The molecule has 1 amide bonds. The zero-order chi connectivity index (χ0) is 15.4. The molecule has 0 spiro atoms.